The average molecular weight is 365 g/mol. The average Bonchev–Trinajstić information content (AvgIpc) is 3.43. The minimum atomic E-state index is -0.884. The zero-order valence-electron chi connectivity index (χ0n) is 15.5. The SMILES string of the molecule is C[C@@H](C(=O)O)C1(N(C)C(=O)OCC2c3ccccc3-c3ccccc32)CC1. The van der Waals surface area contributed by atoms with Gasteiger partial charge >= 0.3 is 12.1 Å². The quantitative estimate of drug-likeness (QED) is 0.865. The van der Waals surface area contributed by atoms with Crippen LogP contribution in [-0.2, 0) is 9.53 Å². The van der Waals surface area contributed by atoms with Crippen LogP contribution in [0.15, 0.2) is 48.5 Å². The fourth-order valence-corrected chi connectivity index (χ4v) is 4.29. The van der Waals surface area contributed by atoms with Crippen LogP contribution < -0.4 is 0 Å². The minimum absolute atomic E-state index is 0.00167. The maximum absolute atomic E-state index is 12.6. The number of carboxylic acid groups (broad SMARTS) is 1. The first-order chi connectivity index (χ1) is 13.0. The molecule has 0 spiro atoms. The van der Waals surface area contributed by atoms with Gasteiger partial charge in [-0.05, 0) is 42.0 Å². The highest BCUT2D eigenvalue weighted by atomic mass is 16.6. The molecule has 140 valence electrons. The van der Waals surface area contributed by atoms with E-state index in [0.717, 1.165) is 11.1 Å². The van der Waals surface area contributed by atoms with E-state index in [2.05, 4.69) is 24.3 Å². The fraction of sp³-hybridized carbons (Fsp3) is 0.364. The van der Waals surface area contributed by atoms with Crippen LogP contribution in [0, 0.1) is 5.92 Å². The minimum Gasteiger partial charge on any atom is -0.481 e. The number of hydrogen-bond donors (Lipinski definition) is 1. The van der Waals surface area contributed by atoms with Crippen molar-refractivity contribution in [3.05, 3.63) is 59.7 Å². The molecule has 2 aromatic carbocycles. The van der Waals surface area contributed by atoms with E-state index in [0.29, 0.717) is 12.8 Å². The smallest absolute Gasteiger partial charge is 0.410 e. The first-order valence-electron chi connectivity index (χ1n) is 9.27. The van der Waals surface area contributed by atoms with E-state index >= 15 is 0 Å². The van der Waals surface area contributed by atoms with Gasteiger partial charge < -0.3 is 14.7 Å². The molecule has 2 aliphatic rings. The second-order valence-corrected chi connectivity index (χ2v) is 7.53. The lowest BCUT2D eigenvalue weighted by molar-refractivity contribution is -0.143. The molecule has 0 radical (unpaired) electrons. The molecular formula is C22H23NO4. The Bertz CT molecular complexity index is 857. The number of carboxylic acids is 1. The molecule has 1 amide bonds. The molecule has 0 heterocycles. The lowest BCUT2D eigenvalue weighted by Gasteiger charge is -2.30. The van der Waals surface area contributed by atoms with Crippen molar-refractivity contribution in [1.29, 1.82) is 0 Å². The molecule has 0 aliphatic heterocycles. The first-order valence-corrected chi connectivity index (χ1v) is 9.27. The Balaban J connectivity index is 1.51. The van der Waals surface area contributed by atoms with Crippen LogP contribution in [0.2, 0.25) is 0 Å². The normalized spacial score (nSPS) is 17.6. The molecule has 1 saturated carbocycles. The number of fused-ring (bicyclic) bond motifs is 3. The number of ether oxygens (including phenoxy) is 1. The van der Waals surface area contributed by atoms with Gasteiger partial charge in [0.2, 0.25) is 0 Å². The second-order valence-electron chi connectivity index (χ2n) is 7.53. The third-order valence-electron chi connectivity index (χ3n) is 6.22. The maximum Gasteiger partial charge on any atom is 0.410 e. The Morgan fingerprint density at radius 3 is 2.11 bits per heavy atom. The zero-order valence-corrected chi connectivity index (χ0v) is 15.5. The number of carbonyl (C=O) groups is 2. The summed E-state index contributed by atoms with van der Waals surface area (Å²) >= 11 is 0. The van der Waals surface area contributed by atoms with Gasteiger partial charge in [0.15, 0.2) is 0 Å². The van der Waals surface area contributed by atoms with Crippen molar-refractivity contribution in [2.45, 2.75) is 31.2 Å². The van der Waals surface area contributed by atoms with Gasteiger partial charge in [-0.25, -0.2) is 4.79 Å². The lowest BCUT2D eigenvalue weighted by Crippen LogP contribution is -2.46. The van der Waals surface area contributed by atoms with Crippen LogP contribution in [0.25, 0.3) is 11.1 Å². The van der Waals surface area contributed by atoms with E-state index in [9.17, 15) is 14.7 Å². The monoisotopic (exact) mass is 365 g/mol. The summed E-state index contributed by atoms with van der Waals surface area (Å²) in [5, 5.41) is 9.33. The Kier molecular flexibility index (Phi) is 4.17. The van der Waals surface area contributed by atoms with Crippen molar-refractivity contribution in [3.63, 3.8) is 0 Å². The van der Waals surface area contributed by atoms with Crippen LogP contribution in [0.3, 0.4) is 0 Å². The summed E-state index contributed by atoms with van der Waals surface area (Å²) < 4.78 is 5.65. The molecule has 27 heavy (non-hydrogen) atoms. The molecule has 4 rings (SSSR count). The summed E-state index contributed by atoms with van der Waals surface area (Å²) in [7, 11) is 1.64. The highest BCUT2D eigenvalue weighted by Crippen LogP contribution is 2.48. The number of aliphatic carboxylic acids is 1. The fourth-order valence-electron chi connectivity index (χ4n) is 4.29. The largest absolute Gasteiger partial charge is 0.481 e. The number of rotatable bonds is 5. The van der Waals surface area contributed by atoms with Crippen molar-refractivity contribution in [3.8, 4) is 11.1 Å². The summed E-state index contributed by atoms with van der Waals surface area (Å²) in [5.41, 5.74) is 4.07. The van der Waals surface area contributed by atoms with E-state index < -0.39 is 23.5 Å². The summed E-state index contributed by atoms with van der Waals surface area (Å²) in [6.45, 7) is 1.90. The van der Waals surface area contributed by atoms with Crippen LogP contribution >= 0.6 is 0 Å². The molecule has 2 aliphatic carbocycles. The maximum atomic E-state index is 12.6. The third-order valence-corrected chi connectivity index (χ3v) is 6.22. The van der Waals surface area contributed by atoms with Crippen LogP contribution in [0.1, 0.15) is 36.8 Å². The zero-order chi connectivity index (χ0) is 19.2. The van der Waals surface area contributed by atoms with Crippen molar-refractivity contribution in [2.24, 2.45) is 5.92 Å². The standard InChI is InChI=1S/C22H23NO4/c1-14(20(24)25)22(11-12-22)23(2)21(26)27-13-19-17-9-5-3-7-15(17)16-8-4-6-10-18(16)19/h3-10,14,19H,11-13H2,1-2H3,(H,24,25)/t14-/m0/s1. The first kappa shape index (κ1) is 17.6. The molecule has 1 N–H and O–H groups in total. The number of carbonyl (C=O) groups excluding carboxylic acids is 1. The molecule has 2 aromatic rings. The number of benzene rings is 2. The predicted octanol–water partition coefficient (Wildman–Crippen LogP) is 4.12. The van der Waals surface area contributed by atoms with E-state index in [1.165, 1.54) is 16.0 Å². The number of amides is 1. The summed E-state index contributed by atoms with van der Waals surface area (Å²) in [6, 6.07) is 16.4. The molecule has 1 atom stereocenters. The van der Waals surface area contributed by atoms with Gasteiger partial charge in [0, 0.05) is 13.0 Å². The second kappa shape index (κ2) is 6.41. The Hall–Kier alpha value is -2.82. The Labute approximate surface area is 158 Å². The number of hydrogen-bond acceptors (Lipinski definition) is 3. The Morgan fingerprint density at radius 1 is 1.11 bits per heavy atom. The molecule has 1 fully saturated rings. The molecule has 5 heteroatoms. The van der Waals surface area contributed by atoms with Crippen molar-refractivity contribution >= 4 is 12.1 Å². The predicted molar refractivity (Wildman–Crippen MR) is 102 cm³/mol. The Morgan fingerprint density at radius 2 is 1.63 bits per heavy atom. The summed E-state index contributed by atoms with van der Waals surface area (Å²) in [6.07, 6.45) is 0.935. The molecule has 0 unspecified atom stereocenters. The van der Waals surface area contributed by atoms with E-state index in [1.54, 1.807) is 14.0 Å². The third kappa shape index (κ3) is 2.78. The van der Waals surface area contributed by atoms with Crippen molar-refractivity contribution in [2.75, 3.05) is 13.7 Å². The van der Waals surface area contributed by atoms with E-state index in [1.807, 2.05) is 24.3 Å². The van der Waals surface area contributed by atoms with Gasteiger partial charge in [-0.2, -0.15) is 0 Å². The van der Waals surface area contributed by atoms with Crippen LogP contribution in [0.5, 0.6) is 0 Å². The molecular weight excluding hydrogens is 342 g/mol. The van der Waals surface area contributed by atoms with Crippen LogP contribution in [-0.4, -0.2) is 41.3 Å². The molecule has 0 saturated heterocycles. The van der Waals surface area contributed by atoms with Gasteiger partial charge in [0.25, 0.3) is 0 Å². The molecule has 0 aromatic heterocycles. The van der Waals surface area contributed by atoms with Gasteiger partial charge in [-0.3, -0.25) is 4.79 Å². The molecule has 5 nitrogen and oxygen atoms in total. The lowest BCUT2D eigenvalue weighted by atomic mass is 9.98. The number of nitrogens with zero attached hydrogens (tertiary/aromatic N) is 1. The molecule has 0 bridgehead atoms. The van der Waals surface area contributed by atoms with Gasteiger partial charge in [-0.15, -0.1) is 0 Å². The summed E-state index contributed by atoms with van der Waals surface area (Å²) in [4.78, 5) is 25.5. The van der Waals surface area contributed by atoms with Gasteiger partial charge in [-0.1, -0.05) is 48.5 Å². The van der Waals surface area contributed by atoms with Crippen LogP contribution in [0.4, 0.5) is 4.79 Å². The summed E-state index contributed by atoms with van der Waals surface area (Å²) in [5.74, 6) is -1.49. The van der Waals surface area contributed by atoms with Crippen molar-refractivity contribution in [1.82, 2.24) is 4.90 Å². The van der Waals surface area contributed by atoms with E-state index in [4.69, 9.17) is 4.74 Å². The van der Waals surface area contributed by atoms with Gasteiger partial charge in [0.1, 0.15) is 6.61 Å². The van der Waals surface area contributed by atoms with Gasteiger partial charge in [0.05, 0.1) is 11.5 Å². The van der Waals surface area contributed by atoms with Crippen molar-refractivity contribution < 1.29 is 19.4 Å². The van der Waals surface area contributed by atoms with E-state index in [-0.39, 0.29) is 12.5 Å². The topological polar surface area (TPSA) is 66.8 Å². The highest BCUT2D eigenvalue weighted by Gasteiger charge is 2.55. The highest BCUT2D eigenvalue weighted by molar-refractivity contribution is 5.79.